The lowest BCUT2D eigenvalue weighted by atomic mass is 9.73. The Kier molecular flexibility index (Phi) is 32.6. The van der Waals surface area contributed by atoms with Crippen LogP contribution in [-0.4, -0.2) is 284 Å². The summed E-state index contributed by atoms with van der Waals surface area (Å²) in [4.78, 5) is 11.3. The van der Waals surface area contributed by atoms with Crippen LogP contribution in [0.4, 0.5) is 0 Å². The predicted molar refractivity (Wildman–Crippen MR) is 311 cm³/mol. The third kappa shape index (κ3) is 24.0. The second-order valence-corrected chi connectivity index (χ2v) is 30.1. The molecule has 25 unspecified atom stereocenters. The summed E-state index contributed by atoms with van der Waals surface area (Å²) < 4.78 is 32.7. The maximum atomic E-state index is 11.3. The van der Waals surface area contributed by atoms with Gasteiger partial charge in [-0.15, -0.1) is 0 Å². The Balaban J connectivity index is 0.000000512. The number of hydrogen-bond acceptors (Lipinski definition) is 25. The maximum Gasteiger partial charge on any atom is 0.130 e. The molecule has 0 spiro atoms. The molecule has 6 saturated heterocycles. The highest BCUT2D eigenvalue weighted by atomic mass is 16.6. The molecule has 0 aromatic rings. The van der Waals surface area contributed by atoms with E-state index < -0.39 is 128 Å². The molecule has 6 fully saturated rings. The van der Waals surface area contributed by atoms with E-state index in [2.05, 4.69) is 20.8 Å². The summed E-state index contributed by atoms with van der Waals surface area (Å²) in [5, 5.41) is 169. The summed E-state index contributed by atoms with van der Waals surface area (Å²) in [7, 11) is 0. The van der Waals surface area contributed by atoms with Crippen LogP contribution in [0.1, 0.15) is 151 Å². The summed E-state index contributed by atoms with van der Waals surface area (Å²) in [5.41, 5.74) is -1.16. The summed E-state index contributed by atoms with van der Waals surface area (Å²) >= 11 is 0. The number of rotatable bonds is 7. The van der Waals surface area contributed by atoms with Crippen LogP contribution in [0.2, 0.25) is 0 Å². The van der Waals surface area contributed by atoms with Crippen LogP contribution < -0.4 is 0 Å². The molecule has 0 bridgehead atoms. The van der Waals surface area contributed by atoms with Gasteiger partial charge in [-0.2, -0.15) is 0 Å². The molecule has 0 aliphatic carbocycles. The average Bonchev–Trinajstić information content (AvgIpc) is 2.78. The van der Waals surface area contributed by atoms with Crippen molar-refractivity contribution >= 4 is 5.78 Å². The van der Waals surface area contributed by atoms with Crippen LogP contribution in [-0.2, 0) is 33.2 Å². The predicted octanol–water partition coefficient (Wildman–Crippen LogP) is -1.54. The second-order valence-electron chi connectivity index (χ2n) is 30.1. The first-order valence-corrected chi connectivity index (χ1v) is 29.8. The van der Waals surface area contributed by atoms with E-state index in [0.717, 1.165) is 0 Å². The minimum absolute atomic E-state index is 0.0465. The minimum atomic E-state index is -1.28. The first-order chi connectivity index (χ1) is 38.5. The van der Waals surface area contributed by atoms with E-state index in [4.69, 9.17) is 54.0 Å². The van der Waals surface area contributed by atoms with Crippen LogP contribution >= 0.6 is 0 Å². The van der Waals surface area contributed by atoms with Gasteiger partial charge in [0.2, 0.25) is 0 Å². The van der Waals surface area contributed by atoms with E-state index in [1.807, 2.05) is 104 Å². The monoisotopic (exact) mass is 1240 g/mol. The highest BCUT2D eigenvalue weighted by Crippen LogP contribution is 2.40. The van der Waals surface area contributed by atoms with Crippen molar-refractivity contribution in [3.8, 4) is 0 Å². The Morgan fingerprint density at radius 1 is 0.329 bits per heavy atom. The fourth-order valence-corrected chi connectivity index (χ4v) is 10.7. The molecule has 6 heterocycles. The first-order valence-electron chi connectivity index (χ1n) is 29.8. The van der Waals surface area contributed by atoms with Gasteiger partial charge in [0, 0.05) is 25.2 Å². The van der Waals surface area contributed by atoms with Gasteiger partial charge in [-0.1, -0.05) is 125 Å². The SMILES string of the molecule is CC(=O)CC1C(O)C(O)C(CO)OC1C(C)(C)C.CC(C)(C)C1CC(O)C(CO)O1.CC(C)(C)C1CC(O)C(O)C(CO)O1.CC(C)(C)C1OC(CO)C(O)C(O)C1O.CC(C)(C)C1OC(CO)C(O)C1O.CC(C)(C)C1OCC(O)C(O)C1O. The van der Waals surface area contributed by atoms with Crippen molar-refractivity contribution in [2.45, 2.75) is 297 Å². The molecule has 0 amide bonds. The van der Waals surface area contributed by atoms with Crippen molar-refractivity contribution in [3.05, 3.63) is 0 Å². The van der Waals surface area contributed by atoms with Crippen molar-refractivity contribution in [1.82, 2.24) is 0 Å². The molecule has 6 aliphatic heterocycles. The zero-order valence-corrected chi connectivity index (χ0v) is 54.2. The first kappa shape index (κ1) is 81.7. The lowest BCUT2D eigenvalue weighted by molar-refractivity contribution is -0.250. The smallest absolute Gasteiger partial charge is 0.130 e. The van der Waals surface area contributed by atoms with Gasteiger partial charge in [0.05, 0.1) is 94.6 Å². The largest absolute Gasteiger partial charge is 0.394 e. The fraction of sp³-hybridized carbons (Fsp3) is 0.983. The Bertz CT molecular complexity index is 1860. The van der Waals surface area contributed by atoms with Gasteiger partial charge in [0.25, 0.3) is 0 Å². The molecule has 85 heavy (non-hydrogen) atoms. The normalized spacial score (nSPS) is 40.1. The van der Waals surface area contributed by atoms with E-state index >= 15 is 0 Å². The van der Waals surface area contributed by atoms with Crippen molar-refractivity contribution < 1.29 is 125 Å². The van der Waals surface area contributed by atoms with E-state index in [0.29, 0.717) is 12.8 Å². The number of carbonyl (C=O) groups excluding carboxylic acids is 1. The molecule has 0 aromatic carbocycles. The molecule has 0 radical (unpaired) electrons. The number of Topliss-reactive ketones (excluding diaryl/α,β-unsaturated/α-hetero) is 1. The van der Waals surface area contributed by atoms with Gasteiger partial charge in [0.1, 0.15) is 97.3 Å². The van der Waals surface area contributed by atoms with Gasteiger partial charge in [-0.25, -0.2) is 0 Å². The molecule has 6 aliphatic rings. The van der Waals surface area contributed by atoms with Gasteiger partial charge >= 0.3 is 0 Å². The van der Waals surface area contributed by atoms with E-state index in [9.17, 15) is 71.2 Å². The van der Waals surface area contributed by atoms with Crippen LogP contribution in [0, 0.1) is 38.4 Å². The minimum Gasteiger partial charge on any atom is -0.394 e. The van der Waals surface area contributed by atoms with Crippen LogP contribution in [0.15, 0.2) is 0 Å². The third-order valence-corrected chi connectivity index (χ3v) is 16.0. The summed E-state index contributed by atoms with van der Waals surface area (Å²) in [6.07, 6.45) is -17.1. The van der Waals surface area contributed by atoms with Crippen molar-refractivity contribution in [1.29, 1.82) is 0 Å². The van der Waals surface area contributed by atoms with E-state index in [1.54, 1.807) is 0 Å². The fourth-order valence-electron chi connectivity index (χ4n) is 10.7. The van der Waals surface area contributed by atoms with Crippen molar-refractivity contribution in [2.24, 2.45) is 38.4 Å². The number of aliphatic hydroxyl groups is 18. The Hall–Kier alpha value is -1.29. The molecule has 0 saturated carbocycles. The van der Waals surface area contributed by atoms with E-state index in [1.165, 1.54) is 6.92 Å². The van der Waals surface area contributed by atoms with Crippen molar-refractivity contribution in [2.75, 3.05) is 39.6 Å². The molecular weight excluding hydrogens is 1120 g/mol. The van der Waals surface area contributed by atoms with Crippen LogP contribution in [0.5, 0.6) is 0 Å². The molecule has 0 aromatic heterocycles. The molecule has 18 N–H and O–H groups in total. The number of carbonyl (C=O) groups is 1. The topological polar surface area (TPSA) is 437 Å². The maximum absolute atomic E-state index is 11.3. The number of ketones is 1. The number of ether oxygens (including phenoxy) is 6. The van der Waals surface area contributed by atoms with Gasteiger partial charge in [-0.05, 0) is 39.4 Å². The third-order valence-electron chi connectivity index (χ3n) is 16.0. The molecule has 508 valence electrons. The summed E-state index contributed by atoms with van der Waals surface area (Å²) in [6.45, 7) is 35.4. The lowest BCUT2D eigenvalue weighted by Crippen LogP contribution is -2.61. The average molecular weight is 1240 g/mol. The Morgan fingerprint density at radius 3 is 0.976 bits per heavy atom. The summed E-state index contributed by atoms with van der Waals surface area (Å²) in [6, 6.07) is 0. The Labute approximate surface area is 504 Å². The molecular formula is C60H118O25. The molecule has 25 heteroatoms. The van der Waals surface area contributed by atoms with E-state index in [-0.39, 0.29) is 109 Å². The summed E-state index contributed by atoms with van der Waals surface area (Å²) in [5.74, 6) is -0.494. The standard InChI is InChI=1S/C13H24O5.C10H20O5.C10H20O4.2C9H18O4.C9H18O3/c1-7(15)5-8-10(16)11(17)9(6-14)18-12(8)13(2,3)4;1-10(2,3)9-8(14)7(13)6(12)5(4-11)15-9;1-10(2,3)8-4-6(12)9(13)7(5-11)14-8;1-9(2,3)8-7(12)6(11)5(10)4-13-8;1-9(2,3)8-7(12)6(11)5(4-10)13-8;1-9(2,3)8-4-6(11)7(5-10)12-8/h8-12,14,16-17H,5-6H2,1-4H3;5-9,11-14H,4H2,1-3H3;6-9,11-13H,4-5H2,1-3H3;2*5-8,10-12H,4H2,1-3H3;6-8,10-11H,4-5H2,1-3H3. The number of hydrogen-bond donors (Lipinski definition) is 18. The highest BCUT2D eigenvalue weighted by Gasteiger charge is 2.51. The molecule has 25 atom stereocenters. The van der Waals surface area contributed by atoms with Crippen LogP contribution in [0.3, 0.4) is 0 Å². The zero-order valence-electron chi connectivity index (χ0n) is 54.2. The van der Waals surface area contributed by atoms with Gasteiger partial charge < -0.3 is 125 Å². The van der Waals surface area contributed by atoms with Gasteiger partial charge in [0.15, 0.2) is 0 Å². The highest BCUT2D eigenvalue weighted by molar-refractivity contribution is 5.75. The van der Waals surface area contributed by atoms with Gasteiger partial charge in [-0.3, -0.25) is 0 Å². The number of aliphatic hydroxyl groups excluding tert-OH is 18. The molecule has 6 rings (SSSR count). The van der Waals surface area contributed by atoms with Crippen molar-refractivity contribution in [3.63, 3.8) is 0 Å². The Morgan fingerprint density at radius 2 is 0.635 bits per heavy atom. The quantitative estimate of drug-likeness (QED) is 0.137. The zero-order chi connectivity index (χ0) is 66.6. The van der Waals surface area contributed by atoms with Crippen LogP contribution in [0.25, 0.3) is 0 Å². The second kappa shape index (κ2) is 33.9. The lowest BCUT2D eigenvalue weighted by Gasteiger charge is -2.47. The molecule has 25 nitrogen and oxygen atoms in total.